The van der Waals surface area contributed by atoms with Crippen molar-refractivity contribution in [1.82, 2.24) is 10.2 Å². The Balaban J connectivity index is 1.97. The van der Waals surface area contributed by atoms with Gasteiger partial charge >= 0.3 is 0 Å². The Labute approximate surface area is 201 Å². The number of nitrogens with zero attached hydrogens (tertiary/aromatic N) is 1. The summed E-state index contributed by atoms with van der Waals surface area (Å²) in [6.07, 6.45) is 3.22. The third-order valence-corrected chi connectivity index (χ3v) is 7.32. The second-order valence-electron chi connectivity index (χ2n) is 8.94. The number of alkyl halides is 1. The van der Waals surface area contributed by atoms with Crippen molar-refractivity contribution in [2.45, 2.75) is 58.7 Å². The molecule has 2 amide bonds. The van der Waals surface area contributed by atoms with E-state index in [0.717, 1.165) is 29.5 Å². The van der Waals surface area contributed by atoms with Crippen molar-refractivity contribution >= 4 is 35.0 Å². The lowest BCUT2D eigenvalue weighted by molar-refractivity contribution is -0.140. The van der Waals surface area contributed by atoms with Gasteiger partial charge in [0, 0.05) is 17.6 Å². The van der Waals surface area contributed by atoms with E-state index >= 15 is 0 Å². The molecule has 4 nitrogen and oxygen atoms in total. The summed E-state index contributed by atoms with van der Waals surface area (Å²) >= 11 is 12.4. The van der Waals surface area contributed by atoms with Crippen molar-refractivity contribution in [3.05, 3.63) is 70.2 Å². The third-order valence-electron chi connectivity index (χ3n) is 6.72. The number of hydrogen-bond donors (Lipinski definition) is 1. The molecule has 0 heterocycles. The van der Waals surface area contributed by atoms with E-state index in [4.69, 9.17) is 23.2 Å². The van der Waals surface area contributed by atoms with Crippen LogP contribution in [-0.4, -0.2) is 28.6 Å². The highest BCUT2D eigenvalue weighted by molar-refractivity contribution is 6.31. The van der Waals surface area contributed by atoms with Gasteiger partial charge in [0.2, 0.25) is 11.8 Å². The number of aryl methyl sites for hydroxylation is 1. The lowest BCUT2D eigenvalue weighted by Crippen LogP contribution is -2.50. The van der Waals surface area contributed by atoms with Crippen LogP contribution in [0.5, 0.6) is 0 Å². The molecule has 3 rings (SSSR count). The summed E-state index contributed by atoms with van der Waals surface area (Å²) in [6, 6.07) is 14.4. The maximum absolute atomic E-state index is 13.7. The molecule has 32 heavy (non-hydrogen) atoms. The summed E-state index contributed by atoms with van der Waals surface area (Å²) in [5.41, 5.74) is 2.62. The van der Waals surface area contributed by atoms with E-state index in [1.54, 1.807) is 11.0 Å². The first-order chi connectivity index (χ1) is 15.3. The summed E-state index contributed by atoms with van der Waals surface area (Å²) in [5, 5.41) is 3.82. The third kappa shape index (κ3) is 5.85. The van der Waals surface area contributed by atoms with Crippen LogP contribution in [0.2, 0.25) is 5.02 Å². The normalized spacial score (nSPS) is 21.6. The van der Waals surface area contributed by atoms with Gasteiger partial charge in [-0.15, -0.1) is 11.6 Å². The molecule has 1 fully saturated rings. The van der Waals surface area contributed by atoms with Gasteiger partial charge in [-0.25, -0.2) is 0 Å². The van der Waals surface area contributed by atoms with Crippen molar-refractivity contribution in [1.29, 1.82) is 0 Å². The minimum absolute atomic E-state index is 0.0902. The maximum Gasteiger partial charge on any atom is 0.247 e. The van der Waals surface area contributed by atoms with Gasteiger partial charge < -0.3 is 10.2 Å². The molecule has 1 saturated carbocycles. The smallest absolute Gasteiger partial charge is 0.247 e. The zero-order chi connectivity index (χ0) is 23.3. The highest BCUT2D eigenvalue weighted by Gasteiger charge is 2.35. The standard InChI is InChI=1S/C26H32Cl2N2O2/c1-17-11-13-20(14-12-17)25(26(32)29-23-10-6-7-18(2)19(23)3)30(24(31)15-27)16-21-8-4-5-9-22(21)28/h4-5,8-9,11-14,18-19,23,25H,6-7,10,15-16H2,1-3H3,(H,29,32). The predicted molar refractivity (Wildman–Crippen MR) is 131 cm³/mol. The van der Waals surface area contributed by atoms with Crippen LogP contribution < -0.4 is 5.32 Å². The number of hydrogen-bond acceptors (Lipinski definition) is 2. The van der Waals surface area contributed by atoms with Crippen molar-refractivity contribution in [3.63, 3.8) is 0 Å². The predicted octanol–water partition coefficient (Wildman–Crippen LogP) is 5.90. The van der Waals surface area contributed by atoms with E-state index in [1.807, 2.05) is 49.4 Å². The van der Waals surface area contributed by atoms with Crippen LogP contribution in [-0.2, 0) is 16.1 Å². The number of halogens is 2. The maximum atomic E-state index is 13.7. The van der Waals surface area contributed by atoms with E-state index in [9.17, 15) is 9.59 Å². The average Bonchev–Trinajstić information content (AvgIpc) is 2.78. The van der Waals surface area contributed by atoms with Crippen molar-refractivity contribution < 1.29 is 9.59 Å². The van der Waals surface area contributed by atoms with Crippen molar-refractivity contribution in [3.8, 4) is 0 Å². The molecule has 0 aliphatic heterocycles. The molecule has 6 heteroatoms. The Morgan fingerprint density at radius 3 is 2.44 bits per heavy atom. The monoisotopic (exact) mass is 474 g/mol. The molecule has 1 aliphatic carbocycles. The molecule has 0 radical (unpaired) electrons. The topological polar surface area (TPSA) is 49.4 Å². The van der Waals surface area contributed by atoms with Gasteiger partial charge in [0.25, 0.3) is 0 Å². The number of benzene rings is 2. The summed E-state index contributed by atoms with van der Waals surface area (Å²) in [6.45, 7) is 6.63. The fourth-order valence-electron chi connectivity index (χ4n) is 4.48. The summed E-state index contributed by atoms with van der Waals surface area (Å²) < 4.78 is 0. The van der Waals surface area contributed by atoms with E-state index in [0.29, 0.717) is 16.9 Å². The molecule has 4 unspecified atom stereocenters. The van der Waals surface area contributed by atoms with Crippen LogP contribution in [0, 0.1) is 18.8 Å². The van der Waals surface area contributed by atoms with Gasteiger partial charge in [-0.2, -0.15) is 0 Å². The Kier molecular flexibility index (Phi) is 8.61. The summed E-state index contributed by atoms with van der Waals surface area (Å²) in [5.74, 6) is 0.238. The molecule has 2 aromatic carbocycles. The minimum atomic E-state index is -0.789. The lowest BCUT2D eigenvalue weighted by atomic mass is 9.78. The van der Waals surface area contributed by atoms with E-state index in [2.05, 4.69) is 19.2 Å². The quantitative estimate of drug-likeness (QED) is 0.507. The van der Waals surface area contributed by atoms with Crippen LogP contribution in [0.15, 0.2) is 48.5 Å². The Hall–Kier alpha value is -2.04. The van der Waals surface area contributed by atoms with E-state index in [1.165, 1.54) is 6.42 Å². The van der Waals surface area contributed by atoms with Crippen LogP contribution >= 0.6 is 23.2 Å². The molecule has 4 atom stereocenters. The average molecular weight is 475 g/mol. The summed E-state index contributed by atoms with van der Waals surface area (Å²) in [4.78, 5) is 28.2. The first-order valence-corrected chi connectivity index (χ1v) is 12.2. The van der Waals surface area contributed by atoms with Crippen LogP contribution in [0.25, 0.3) is 0 Å². The van der Waals surface area contributed by atoms with Crippen molar-refractivity contribution in [2.75, 3.05) is 5.88 Å². The molecule has 0 spiro atoms. The number of nitrogens with one attached hydrogen (secondary N) is 1. The number of rotatable bonds is 7. The highest BCUT2D eigenvalue weighted by Crippen LogP contribution is 2.31. The molecule has 1 aliphatic rings. The first kappa shape index (κ1) is 24.6. The number of amides is 2. The largest absolute Gasteiger partial charge is 0.351 e. The van der Waals surface area contributed by atoms with Gasteiger partial charge in [0.1, 0.15) is 11.9 Å². The Bertz CT molecular complexity index is 932. The molecule has 2 aromatic rings. The zero-order valence-electron chi connectivity index (χ0n) is 19.0. The second kappa shape index (κ2) is 11.2. The van der Waals surface area contributed by atoms with Gasteiger partial charge in [-0.3, -0.25) is 9.59 Å². The van der Waals surface area contributed by atoms with Gasteiger partial charge in [0.05, 0.1) is 0 Å². The molecular weight excluding hydrogens is 443 g/mol. The van der Waals surface area contributed by atoms with Gasteiger partial charge in [0.15, 0.2) is 0 Å². The molecule has 172 valence electrons. The molecular formula is C26H32Cl2N2O2. The molecule has 1 N–H and O–H groups in total. The molecule has 0 bridgehead atoms. The zero-order valence-corrected chi connectivity index (χ0v) is 20.5. The fraction of sp³-hybridized carbons (Fsp3) is 0.462. The van der Waals surface area contributed by atoms with E-state index in [-0.39, 0.29) is 30.3 Å². The Morgan fingerprint density at radius 1 is 1.09 bits per heavy atom. The number of carbonyl (C=O) groups is 2. The summed E-state index contributed by atoms with van der Waals surface area (Å²) in [7, 11) is 0. The van der Waals surface area contributed by atoms with Gasteiger partial charge in [-0.1, -0.05) is 86.3 Å². The van der Waals surface area contributed by atoms with Crippen molar-refractivity contribution in [2.24, 2.45) is 11.8 Å². The van der Waals surface area contributed by atoms with Crippen LogP contribution in [0.3, 0.4) is 0 Å². The Morgan fingerprint density at radius 2 is 1.78 bits per heavy atom. The first-order valence-electron chi connectivity index (χ1n) is 11.3. The lowest BCUT2D eigenvalue weighted by Gasteiger charge is -2.37. The van der Waals surface area contributed by atoms with Crippen LogP contribution in [0.4, 0.5) is 0 Å². The van der Waals surface area contributed by atoms with Crippen LogP contribution in [0.1, 0.15) is 55.8 Å². The fourth-order valence-corrected chi connectivity index (χ4v) is 4.83. The van der Waals surface area contributed by atoms with E-state index < -0.39 is 6.04 Å². The van der Waals surface area contributed by atoms with Gasteiger partial charge in [-0.05, 0) is 42.4 Å². The molecule has 0 aromatic heterocycles. The number of carbonyl (C=O) groups excluding carboxylic acids is 2. The second-order valence-corrected chi connectivity index (χ2v) is 9.62. The minimum Gasteiger partial charge on any atom is -0.351 e. The highest BCUT2D eigenvalue weighted by atomic mass is 35.5. The SMILES string of the molecule is Cc1ccc(C(C(=O)NC2CCCC(C)C2C)N(Cc2ccccc2Cl)C(=O)CCl)cc1. The molecule has 0 saturated heterocycles.